The van der Waals surface area contributed by atoms with Crippen LogP contribution in [0.15, 0.2) is 24.3 Å². The Kier molecular flexibility index (Phi) is 4.92. The molecule has 1 aliphatic carbocycles. The fourth-order valence-electron chi connectivity index (χ4n) is 1.73. The highest BCUT2D eigenvalue weighted by atomic mass is 16.5. The molecule has 0 radical (unpaired) electrons. The molecule has 2 amide bonds. The van der Waals surface area contributed by atoms with E-state index >= 15 is 0 Å². The van der Waals surface area contributed by atoms with Crippen molar-refractivity contribution in [2.75, 3.05) is 13.2 Å². The Morgan fingerprint density at radius 2 is 2.05 bits per heavy atom. The van der Waals surface area contributed by atoms with Gasteiger partial charge < -0.3 is 15.4 Å². The van der Waals surface area contributed by atoms with Crippen LogP contribution >= 0.6 is 0 Å². The number of nitrogens with one attached hydrogen (secondary N) is 2. The Morgan fingerprint density at radius 3 is 2.71 bits per heavy atom. The van der Waals surface area contributed by atoms with Gasteiger partial charge in [0.1, 0.15) is 6.54 Å². The number of rotatable bonds is 6. The summed E-state index contributed by atoms with van der Waals surface area (Å²) < 4.78 is 4.78. The Morgan fingerprint density at radius 1 is 1.29 bits per heavy atom. The summed E-state index contributed by atoms with van der Waals surface area (Å²) in [6, 6.07) is 7.27. The second kappa shape index (κ2) is 6.88. The molecule has 0 bridgehead atoms. The zero-order chi connectivity index (χ0) is 15.2. The number of hydrogen-bond donors (Lipinski definition) is 2. The molecule has 6 nitrogen and oxygen atoms in total. The molecule has 1 fully saturated rings. The number of ether oxygens (including phenoxy) is 1. The number of benzene rings is 1. The molecular formula is C15H18N2O4. The van der Waals surface area contributed by atoms with Gasteiger partial charge in [0.05, 0.1) is 0 Å². The molecule has 1 aliphatic rings. The molecule has 2 rings (SSSR count). The van der Waals surface area contributed by atoms with Crippen molar-refractivity contribution in [1.82, 2.24) is 10.6 Å². The summed E-state index contributed by atoms with van der Waals surface area (Å²) in [5.41, 5.74) is 1.44. The summed E-state index contributed by atoms with van der Waals surface area (Å²) in [4.78, 5) is 34.5. The SMILES string of the molecule is Cc1cccc(C(=O)NCC(=O)OCC(=O)NC2CC2)c1. The lowest BCUT2D eigenvalue weighted by Gasteiger charge is -2.07. The summed E-state index contributed by atoms with van der Waals surface area (Å²) in [5, 5.41) is 5.16. The van der Waals surface area contributed by atoms with Crippen LogP contribution in [0.3, 0.4) is 0 Å². The van der Waals surface area contributed by atoms with E-state index in [0.717, 1.165) is 18.4 Å². The summed E-state index contributed by atoms with van der Waals surface area (Å²) in [6.07, 6.45) is 1.96. The van der Waals surface area contributed by atoms with E-state index in [1.807, 2.05) is 13.0 Å². The van der Waals surface area contributed by atoms with Crippen molar-refractivity contribution in [3.63, 3.8) is 0 Å². The smallest absolute Gasteiger partial charge is 0.325 e. The van der Waals surface area contributed by atoms with Crippen LogP contribution in [0.1, 0.15) is 28.8 Å². The van der Waals surface area contributed by atoms with Crippen LogP contribution in [-0.4, -0.2) is 37.0 Å². The van der Waals surface area contributed by atoms with Crippen molar-refractivity contribution in [3.05, 3.63) is 35.4 Å². The van der Waals surface area contributed by atoms with E-state index in [4.69, 9.17) is 4.74 Å². The van der Waals surface area contributed by atoms with Crippen molar-refractivity contribution < 1.29 is 19.1 Å². The molecule has 2 N–H and O–H groups in total. The van der Waals surface area contributed by atoms with Gasteiger partial charge in [-0.15, -0.1) is 0 Å². The average molecular weight is 290 g/mol. The number of hydrogen-bond acceptors (Lipinski definition) is 4. The zero-order valence-electron chi connectivity index (χ0n) is 11.8. The highest BCUT2D eigenvalue weighted by Gasteiger charge is 2.23. The fourth-order valence-corrected chi connectivity index (χ4v) is 1.73. The zero-order valence-corrected chi connectivity index (χ0v) is 11.8. The predicted octanol–water partition coefficient (Wildman–Crippen LogP) is 0.547. The third-order valence-corrected chi connectivity index (χ3v) is 2.98. The van der Waals surface area contributed by atoms with Gasteiger partial charge >= 0.3 is 5.97 Å². The average Bonchev–Trinajstić information content (AvgIpc) is 3.26. The molecular weight excluding hydrogens is 272 g/mol. The first-order valence-corrected chi connectivity index (χ1v) is 6.84. The van der Waals surface area contributed by atoms with Crippen LogP contribution in [0.4, 0.5) is 0 Å². The first-order valence-electron chi connectivity index (χ1n) is 6.84. The minimum Gasteiger partial charge on any atom is -0.454 e. The van der Waals surface area contributed by atoms with Gasteiger partial charge in [0, 0.05) is 11.6 Å². The molecule has 0 unspecified atom stereocenters. The Bertz CT molecular complexity index is 552. The number of carbonyl (C=O) groups excluding carboxylic acids is 3. The van der Waals surface area contributed by atoms with Crippen LogP contribution in [0.2, 0.25) is 0 Å². The van der Waals surface area contributed by atoms with Gasteiger partial charge in [-0.25, -0.2) is 0 Å². The molecule has 1 saturated carbocycles. The quantitative estimate of drug-likeness (QED) is 0.749. The molecule has 1 aromatic carbocycles. The Labute approximate surface area is 122 Å². The molecule has 6 heteroatoms. The van der Waals surface area contributed by atoms with Gasteiger partial charge in [0.15, 0.2) is 6.61 Å². The first-order chi connectivity index (χ1) is 10.0. The van der Waals surface area contributed by atoms with Crippen LogP contribution < -0.4 is 10.6 Å². The highest BCUT2D eigenvalue weighted by Crippen LogP contribution is 2.18. The maximum atomic E-state index is 11.8. The summed E-state index contributed by atoms with van der Waals surface area (Å²) in [6.45, 7) is 1.31. The minimum atomic E-state index is -0.637. The van der Waals surface area contributed by atoms with Gasteiger partial charge in [-0.05, 0) is 31.9 Å². The van der Waals surface area contributed by atoms with Crippen molar-refractivity contribution in [2.45, 2.75) is 25.8 Å². The topological polar surface area (TPSA) is 84.5 Å². The van der Waals surface area contributed by atoms with E-state index in [-0.39, 0.29) is 31.0 Å². The molecule has 21 heavy (non-hydrogen) atoms. The van der Waals surface area contributed by atoms with Crippen molar-refractivity contribution in [1.29, 1.82) is 0 Å². The maximum absolute atomic E-state index is 11.8. The number of carbonyl (C=O) groups is 3. The van der Waals surface area contributed by atoms with Gasteiger partial charge in [-0.3, -0.25) is 14.4 Å². The van der Waals surface area contributed by atoms with Gasteiger partial charge in [-0.1, -0.05) is 17.7 Å². The second-order valence-electron chi connectivity index (χ2n) is 5.05. The molecule has 0 heterocycles. The third kappa shape index (κ3) is 5.25. The van der Waals surface area contributed by atoms with E-state index < -0.39 is 5.97 Å². The fraction of sp³-hybridized carbons (Fsp3) is 0.400. The van der Waals surface area contributed by atoms with Gasteiger partial charge in [0.25, 0.3) is 11.8 Å². The predicted molar refractivity (Wildman–Crippen MR) is 75.6 cm³/mol. The van der Waals surface area contributed by atoms with E-state index in [2.05, 4.69) is 10.6 Å². The minimum absolute atomic E-state index is 0.234. The van der Waals surface area contributed by atoms with E-state index in [1.165, 1.54) is 0 Å². The lowest BCUT2D eigenvalue weighted by molar-refractivity contribution is -0.147. The largest absolute Gasteiger partial charge is 0.454 e. The van der Waals surface area contributed by atoms with Crippen LogP contribution in [-0.2, 0) is 14.3 Å². The van der Waals surface area contributed by atoms with Crippen LogP contribution in [0.25, 0.3) is 0 Å². The summed E-state index contributed by atoms with van der Waals surface area (Å²) >= 11 is 0. The molecule has 0 saturated heterocycles. The van der Waals surface area contributed by atoms with E-state index in [0.29, 0.717) is 5.56 Å². The lowest BCUT2D eigenvalue weighted by atomic mass is 10.1. The van der Waals surface area contributed by atoms with Gasteiger partial charge in [-0.2, -0.15) is 0 Å². The lowest BCUT2D eigenvalue weighted by Crippen LogP contribution is -2.34. The highest BCUT2D eigenvalue weighted by molar-refractivity contribution is 5.96. The first kappa shape index (κ1) is 15.0. The maximum Gasteiger partial charge on any atom is 0.325 e. The second-order valence-corrected chi connectivity index (χ2v) is 5.05. The van der Waals surface area contributed by atoms with Crippen molar-refractivity contribution in [3.8, 4) is 0 Å². The van der Waals surface area contributed by atoms with E-state index in [9.17, 15) is 14.4 Å². The molecule has 0 aliphatic heterocycles. The van der Waals surface area contributed by atoms with E-state index in [1.54, 1.807) is 18.2 Å². The van der Waals surface area contributed by atoms with Crippen molar-refractivity contribution in [2.24, 2.45) is 0 Å². The normalized spacial score (nSPS) is 13.4. The van der Waals surface area contributed by atoms with Crippen molar-refractivity contribution >= 4 is 17.8 Å². The third-order valence-electron chi connectivity index (χ3n) is 2.98. The number of esters is 1. The number of amides is 2. The molecule has 0 spiro atoms. The van der Waals surface area contributed by atoms with Crippen LogP contribution in [0.5, 0.6) is 0 Å². The van der Waals surface area contributed by atoms with Crippen LogP contribution in [0, 0.1) is 6.92 Å². The molecule has 0 aromatic heterocycles. The standard InChI is InChI=1S/C15H18N2O4/c1-10-3-2-4-11(7-10)15(20)16-8-14(19)21-9-13(18)17-12-5-6-12/h2-4,7,12H,5-6,8-9H2,1H3,(H,16,20)(H,17,18). The summed E-state index contributed by atoms with van der Waals surface area (Å²) in [7, 11) is 0. The Hall–Kier alpha value is -2.37. The molecule has 1 aromatic rings. The number of aryl methyl sites for hydroxylation is 1. The summed E-state index contributed by atoms with van der Waals surface area (Å²) in [5.74, 6) is -1.30. The Balaban J connectivity index is 1.68. The monoisotopic (exact) mass is 290 g/mol. The molecule has 0 atom stereocenters. The van der Waals surface area contributed by atoms with Gasteiger partial charge in [0.2, 0.25) is 0 Å². The molecule has 112 valence electrons.